The highest BCUT2D eigenvalue weighted by Gasteiger charge is 2.16. The minimum atomic E-state index is -0.232. The molecular formula is C19H20N2O4. The standard InChI is InChI=1S/C19H20N2O4/c1-20-18(22)9-7-13-4-2-3-5-15(13)21-19(23)14-6-8-16-17(12-14)25-11-10-24-16/h2-6,8,12H,7,9-11H2,1H3,(H,20,22)(H,21,23). The lowest BCUT2D eigenvalue weighted by Crippen LogP contribution is -2.19. The number of hydrogen-bond donors (Lipinski definition) is 2. The fourth-order valence-electron chi connectivity index (χ4n) is 2.61. The molecule has 0 atom stereocenters. The molecule has 0 bridgehead atoms. The van der Waals surface area contributed by atoms with Gasteiger partial charge < -0.3 is 20.1 Å². The summed E-state index contributed by atoms with van der Waals surface area (Å²) in [6, 6.07) is 12.6. The van der Waals surface area contributed by atoms with Crippen LogP contribution in [0.2, 0.25) is 0 Å². The van der Waals surface area contributed by atoms with E-state index in [-0.39, 0.29) is 11.8 Å². The van der Waals surface area contributed by atoms with E-state index in [9.17, 15) is 9.59 Å². The first-order chi connectivity index (χ1) is 12.2. The number of fused-ring (bicyclic) bond motifs is 1. The lowest BCUT2D eigenvalue weighted by atomic mass is 10.1. The molecule has 1 aliphatic rings. The van der Waals surface area contributed by atoms with Crippen LogP contribution in [-0.4, -0.2) is 32.1 Å². The third-order valence-electron chi connectivity index (χ3n) is 3.97. The summed E-state index contributed by atoms with van der Waals surface area (Å²) in [6.45, 7) is 0.984. The van der Waals surface area contributed by atoms with Gasteiger partial charge in [-0.05, 0) is 36.2 Å². The van der Waals surface area contributed by atoms with Crippen molar-refractivity contribution in [1.82, 2.24) is 5.32 Å². The zero-order valence-electron chi connectivity index (χ0n) is 14.0. The zero-order chi connectivity index (χ0) is 17.6. The highest BCUT2D eigenvalue weighted by Crippen LogP contribution is 2.31. The Morgan fingerprint density at radius 2 is 1.80 bits per heavy atom. The minimum Gasteiger partial charge on any atom is -0.486 e. The van der Waals surface area contributed by atoms with Crippen LogP contribution in [0.1, 0.15) is 22.3 Å². The van der Waals surface area contributed by atoms with Crippen LogP contribution in [0, 0.1) is 0 Å². The lowest BCUT2D eigenvalue weighted by molar-refractivity contribution is -0.120. The molecule has 6 nitrogen and oxygen atoms in total. The predicted octanol–water partition coefficient (Wildman–Crippen LogP) is 2.39. The van der Waals surface area contributed by atoms with Crippen molar-refractivity contribution in [2.75, 3.05) is 25.6 Å². The Kier molecular flexibility index (Phi) is 5.18. The number of carbonyl (C=O) groups excluding carboxylic acids is 2. The SMILES string of the molecule is CNC(=O)CCc1ccccc1NC(=O)c1ccc2c(c1)OCCO2. The largest absolute Gasteiger partial charge is 0.486 e. The Bertz CT molecular complexity index is 789. The normalized spacial score (nSPS) is 12.4. The molecule has 1 aliphatic heterocycles. The van der Waals surface area contributed by atoms with Crippen molar-refractivity contribution in [3.05, 3.63) is 53.6 Å². The van der Waals surface area contributed by atoms with E-state index in [4.69, 9.17) is 9.47 Å². The summed E-state index contributed by atoms with van der Waals surface area (Å²) in [6.07, 6.45) is 0.921. The van der Waals surface area contributed by atoms with Crippen molar-refractivity contribution < 1.29 is 19.1 Å². The average Bonchev–Trinajstić information content (AvgIpc) is 2.66. The molecule has 0 spiro atoms. The maximum Gasteiger partial charge on any atom is 0.255 e. The van der Waals surface area contributed by atoms with Crippen molar-refractivity contribution in [3.8, 4) is 11.5 Å². The maximum absolute atomic E-state index is 12.6. The van der Waals surface area contributed by atoms with Gasteiger partial charge in [0.1, 0.15) is 13.2 Å². The zero-order valence-corrected chi connectivity index (χ0v) is 14.0. The Hall–Kier alpha value is -3.02. The number of anilines is 1. The molecule has 3 rings (SSSR count). The molecule has 2 aromatic carbocycles. The molecule has 130 valence electrons. The first-order valence-electron chi connectivity index (χ1n) is 8.17. The summed E-state index contributed by atoms with van der Waals surface area (Å²) in [5.41, 5.74) is 2.11. The quantitative estimate of drug-likeness (QED) is 0.876. The summed E-state index contributed by atoms with van der Waals surface area (Å²) in [5, 5.41) is 5.51. The van der Waals surface area contributed by atoms with E-state index in [0.29, 0.717) is 48.8 Å². The van der Waals surface area contributed by atoms with Crippen molar-refractivity contribution in [3.63, 3.8) is 0 Å². The highest BCUT2D eigenvalue weighted by atomic mass is 16.6. The monoisotopic (exact) mass is 340 g/mol. The van der Waals surface area contributed by atoms with Crippen LogP contribution in [0.5, 0.6) is 11.5 Å². The Morgan fingerprint density at radius 3 is 2.60 bits per heavy atom. The summed E-state index contributed by atoms with van der Waals surface area (Å²) in [4.78, 5) is 24.0. The Labute approximate surface area is 146 Å². The molecule has 1 heterocycles. The number of ether oxygens (including phenoxy) is 2. The number of rotatable bonds is 5. The smallest absolute Gasteiger partial charge is 0.255 e. The highest BCUT2D eigenvalue weighted by molar-refractivity contribution is 6.05. The number of carbonyl (C=O) groups is 2. The first kappa shape index (κ1) is 16.8. The van der Waals surface area contributed by atoms with E-state index < -0.39 is 0 Å². The third-order valence-corrected chi connectivity index (χ3v) is 3.97. The molecular weight excluding hydrogens is 320 g/mol. The topological polar surface area (TPSA) is 76.7 Å². The number of hydrogen-bond acceptors (Lipinski definition) is 4. The van der Waals surface area contributed by atoms with Crippen LogP contribution in [0.3, 0.4) is 0 Å². The van der Waals surface area contributed by atoms with Gasteiger partial charge in [-0.3, -0.25) is 9.59 Å². The molecule has 2 amide bonds. The van der Waals surface area contributed by atoms with Crippen molar-refractivity contribution in [1.29, 1.82) is 0 Å². The van der Waals surface area contributed by atoms with E-state index in [1.807, 2.05) is 24.3 Å². The van der Waals surface area contributed by atoms with Gasteiger partial charge in [-0.25, -0.2) is 0 Å². The molecule has 0 aromatic heterocycles. The van der Waals surface area contributed by atoms with Gasteiger partial charge in [0.25, 0.3) is 5.91 Å². The summed E-state index contributed by atoms with van der Waals surface area (Å²) in [7, 11) is 1.61. The van der Waals surface area contributed by atoms with Crippen molar-refractivity contribution in [2.45, 2.75) is 12.8 Å². The summed E-state index contributed by atoms with van der Waals surface area (Å²) >= 11 is 0. The van der Waals surface area contributed by atoms with E-state index in [1.165, 1.54) is 0 Å². The molecule has 0 radical (unpaired) electrons. The fraction of sp³-hybridized carbons (Fsp3) is 0.263. The van der Waals surface area contributed by atoms with Crippen LogP contribution in [0.4, 0.5) is 5.69 Å². The second kappa shape index (κ2) is 7.70. The average molecular weight is 340 g/mol. The number of amides is 2. The van der Waals surface area contributed by atoms with Gasteiger partial charge in [0.2, 0.25) is 5.91 Å². The number of benzene rings is 2. The molecule has 0 unspecified atom stereocenters. The molecule has 0 aliphatic carbocycles. The molecule has 0 saturated carbocycles. The first-order valence-corrected chi connectivity index (χ1v) is 8.17. The van der Waals surface area contributed by atoms with Gasteiger partial charge >= 0.3 is 0 Å². The fourth-order valence-corrected chi connectivity index (χ4v) is 2.61. The van der Waals surface area contributed by atoms with Crippen LogP contribution < -0.4 is 20.1 Å². The molecule has 25 heavy (non-hydrogen) atoms. The van der Waals surface area contributed by atoms with Crippen molar-refractivity contribution >= 4 is 17.5 Å². The van der Waals surface area contributed by atoms with Crippen LogP contribution >= 0.6 is 0 Å². The number of aryl methyl sites for hydroxylation is 1. The second-order valence-electron chi connectivity index (χ2n) is 5.64. The van der Waals surface area contributed by atoms with E-state index in [0.717, 1.165) is 5.56 Å². The van der Waals surface area contributed by atoms with Gasteiger partial charge in [0.15, 0.2) is 11.5 Å². The predicted molar refractivity (Wildman–Crippen MR) is 94.2 cm³/mol. The third kappa shape index (κ3) is 4.09. The van der Waals surface area contributed by atoms with Gasteiger partial charge in [0.05, 0.1) is 0 Å². The summed E-state index contributed by atoms with van der Waals surface area (Å²) in [5.74, 6) is 0.956. The van der Waals surface area contributed by atoms with E-state index in [2.05, 4.69) is 10.6 Å². The van der Waals surface area contributed by atoms with Gasteiger partial charge in [-0.15, -0.1) is 0 Å². The van der Waals surface area contributed by atoms with Crippen LogP contribution in [-0.2, 0) is 11.2 Å². The van der Waals surface area contributed by atoms with Crippen LogP contribution in [0.15, 0.2) is 42.5 Å². The number of para-hydroxylation sites is 1. The molecule has 0 saturated heterocycles. The molecule has 2 aromatic rings. The van der Waals surface area contributed by atoms with Gasteiger partial charge in [-0.2, -0.15) is 0 Å². The molecule has 0 fully saturated rings. The Balaban J connectivity index is 1.73. The Morgan fingerprint density at radius 1 is 1.04 bits per heavy atom. The van der Waals surface area contributed by atoms with Gasteiger partial charge in [0, 0.05) is 24.7 Å². The van der Waals surface area contributed by atoms with Gasteiger partial charge in [-0.1, -0.05) is 18.2 Å². The second-order valence-corrected chi connectivity index (χ2v) is 5.64. The van der Waals surface area contributed by atoms with Crippen LogP contribution in [0.25, 0.3) is 0 Å². The molecule has 6 heteroatoms. The molecule has 2 N–H and O–H groups in total. The van der Waals surface area contributed by atoms with E-state index >= 15 is 0 Å². The lowest BCUT2D eigenvalue weighted by Gasteiger charge is -2.19. The minimum absolute atomic E-state index is 0.0343. The van der Waals surface area contributed by atoms with Crippen molar-refractivity contribution in [2.24, 2.45) is 0 Å². The van der Waals surface area contributed by atoms with E-state index in [1.54, 1.807) is 25.2 Å². The summed E-state index contributed by atoms with van der Waals surface area (Å²) < 4.78 is 11.0. The number of nitrogens with one attached hydrogen (secondary N) is 2. The maximum atomic E-state index is 12.6.